The molecule has 0 aromatic heterocycles. The molecule has 3 heterocycles. The van der Waals surface area contributed by atoms with Crippen molar-refractivity contribution >= 4 is 70.6 Å². The molecule has 0 saturated carbocycles. The molecule has 0 N–H and O–H groups in total. The van der Waals surface area contributed by atoms with E-state index >= 15 is 0 Å². The van der Waals surface area contributed by atoms with E-state index in [0.29, 0.717) is 0 Å². The van der Waals surface area contributed by atoms with Crippen molar-refractivity contribution < 1.29 is 0 Å². The summed E-state index contributed by atoms with van der Waals surface area (Å²) in [6.45, 7) is 0. The first kappa shape index (κ1) is 16.0. The monoisotopic (exact) mass is 370 g/mol. The fourth-order valence-corrected chi connectivity index (χ4v) is 8.67. The van der Waals surface area contributed by atoms with Crippen LogP contribution in [0, 0.1) is 5.92 Å². The van der Waals surface area contributed by atoms with Crippen molar-refractivity contribution in [3.8, 4) is 0 Å². The van der Waals surface area contributed by atoms with Gasteiger partial charge < -0.3 is 0 Å². The van der Waals surface area contributed by atoms with Gasteiger partial charge in [0.2, 0.25) is 0 Å². The molecule has 0 bridgehead atoms. The number of thioether (sulfide) groups is 6. The van der Waals surface area contributed by atoms with Gasteiger partial charge in [-0.25, -0.2) is 0 Å². The quantitative estimate of drug-likeness (QED) is 0.470. The fraction of sp³-hybridized carbons (Fsp3) is 1.00. The topological polar surface area (TPSA) is 0 Å². The molecule has 3 aliphatic rings. The predicted molar refractivity (Wildman–Crippen MR) is 104 cm³/mol. The summed E-state index contributed by atoms with van der Waals surface area (Å²) in [4.78, 5) is 0. The van der Waals surface area contributed by atoms with Crippen LogP contribution >= 0.6 is 70.6 Å². The van der Waals surface area contributed by atoms with E-state index < -0.39 is 0 Å². The van der Waals surface area contributed by atoms with Crippen molar-refractivity contribution in [2.75, 3.05) is 51.8 Å². The van der Waals surface area contributed by atoms with Gasteiger partial charge in [-0.05, 0) is 23.2 Å². The first-order valence-electron chi connectivity index (χ1n) is 6.98. The van der Waals surface area contributed by atoms with Crippen LogP contribution in [0.5, 0.6) is 0 Å². The molecule has 0 aromatic carbocycles. The van der Waals surface area contributed by atoms with E-state index in [9.17, 15) is 0 Å². The van der Waals surface area contributed by atoms with E-state index in [4.69, 9.17) is 0 Å². The molecule has 0 radical (unpaired) electrons. The molecule has 0 aromatic rings. The van der Waals surface area contributed by atoms with E-state index in [0.717, 1.165) is 21.7 Å². The molecule has 0 nitrogen and oxygen atoms in total. The third-order valence-corrected chi connectivity index (χ3v) is 10.8. The van der Waals surface area contributed by atoms with Crippen LogP contribution in [0.1, 0.15) is 0 Å². The summed E-state index contributed by atoms with van der Waals surface area (Å²) in [5.74, 6) is 13.7. The molecule has 0 aliphatic carbocycles. The highest BCUT2D eigenvalue weighted by atomic mass is 32.2. The maximum Gasteiger partial charge on any atom is 0.0229 e. The molecule has 0 spiro atoms. The molecular formula is C13H22S6. The van der Waals surface area contributed by atoms with Gasteiger partial charge in [0.1, 0.15) is 0 Å². The second-order valence-electron chi connectivity index (χ2n) is 5.34. The standard InChI is InChI=1S/C13H22S6/c1(14-4-11-7-17-11)10(2-15-5-12-8-18-12)3-16-6-13-9-19-13/h10-13H,1-9H2. The van der Waals surface area contributed by atoms with E-state index in [2.05, 4.69) is 70.6 Å². The lowest BCUT2D eigenvalue weighted by atomic mass is 10.3. The minimum atomic E-state index is 0.955. The molecule has 110 valence electrons. The van der Waals surface area contributed by atoms with Gasteiger partial charge in [-0.3, -0.25) is 0 Å². The Kier molecular flexibility index (Phi) is 7.28. The first-order chi connectivity index (χ1) is 9.40. The number of rotatable bonds is 12. The zero-order valence-electron chi connectivity index (χ0n) is 11.1. The van der Waals surface area contributed by atoms with Crippen LogP contribution in [0.25, 0.3) is 0 Å². The Hall–Kier alpha value is 2.10. The van der Waals surface area contributed by atoms with Crippen molar-refractivity contribution in [1.82, 2.24) is 0 Å². The summed E-state index contributed by atoms with van der Waals surface area (Å²) >= 11 is 13.1. The van der Waals surface area contributed by atoms with Crippen molar-refractivity contribution in [3.05, 3.63) is 0 Å². The minimum Gasteiger partial charge on any atom is -0.160 e. The average Bonchev–Trinajstić information content (AvgIpc) is 3.26. The van der Waals surface area contributed by atoms with Crippen molar-refractivity contribution in [3.63, 3.8) is 0 Å². The Morgan fingerprint density at radius 2 is 1.00 bits per heavy atom. The smallest absolute Gasteiger partial charge is 0.0229 e. The van der Waals surface area contributed by atoms with Gasteiger partial charge in [0.05, 0.1) is 0 Å². The largest absolute Gasteiger partial charge is 0.160 e. The molecular weight excluding hydrogens is 349 g/mol. The van der Waals surface area contributed by atoms with Gasteiger partial charge in [-0.15, -0.1) is 0 Å². The Balaban J connectivity index is 1.26. The highest BCUT2D eigenvalue weighted by Crippen LogP contribution is 2.36. The maximum atomic E-state index is 2.22. The number of hydrogen-bond acceptors (Lipinski definition) is 6. The lowest BCUT2D eigenvalue weighted by molar-refractivity contribution is 0.777. The van der Waals surface area contributed by atoms with Crippen LogP contribution in [0.3, 0.4) is 0 Å². The summed E-state index contributed by atoms with van der Waals surface area (Å²) in [5, 5.41) is 3.03. The lowest BCUT2D eigenvalue weighted by Crippen LogP contribution is -2.13. The van der Waals surface area contributed by atoms with Crippen LogP contribution in [0.4, 0.5) is 0 Å². The van der Waals surface area contributed by atoms with Gasteiger partial charge in [0, 0.05) is 50.3 Å². The summed E-state index contributed by atoms with van der Waals surface area (Å²) in [6.07, 6.45) is 0. The van der Waals surface area contributed by atoms with Crippen molar-refractivity contribution in [2.45, 2.75) is 15.7 Å². The molecule has 3 aliphatic heterocycles. The normalized spacial score (nSPS) is 33.2. The first-order valence-corrected chi connectivity index (χ1v) is 13.6. The lowest BCUT2D eigenvalue weighted by Gasteiger charge is -2.15. The third kappa shape index (κ3) is 7.78. The van der Waals surface area contributed by atoms with Crippen LogP contribution in [-0.4, -0.2) is 67.5 Å². The van der Waals surface area contributed by atoms with Gasteiger partial charge in [-0.2, -0.15) is 70.6 Å². The van der Waals surface area contributed by atoms with E-state index in [1.807, 2.05) is 0 Å². The Bertz CT molecular complexity index is 219. The molecule has 19 heavy (non-hydrogen) atoms. The molecule has 3 unspecified atom stereocenters. The third-order valence-electron chi connectivity index (χ3n) is 3.18. The van der Waals surface area contributed by atoms with E-state index in [1.165, 1.54) is 51.8 Å². The zero-order valence-corrected chi connectivity index (χ0v) is 16.0. The molecule has 3 rings (SSSR count). The Morgan fingerprint density at radius 3 is 1.26 bits per heavy atom. The fourth-order valence-electron chi connectivity index (χ4n) is 1.74. The minimum absolute atomic E-state index is 0.955. The van der Waals surface area contributed by atoms with Gasteiger partial charge in [0.15, 0.2) is 0 Å². The Morgan fingerprint density at radius 1 is 0.684 bits per heavy atom. The highest BCUT2D eigenvalue weighted by molar-refractivity contribution is 8.09. The van der Waals surface area contributed by atoms with Crippen LogP contribution in [0.15, 0.2) is 0 Å². The second kappa shape index (κ2) is 8.66. The van der Waals surface area contributed by atoms with Crippen molar-refractivity contribution in [2.24, 2.45) is 5.92 Å². The summed E-state index contributed by atoms with van der Waals surface area (Å²) < 4.78 is 0. The van der Waals surface area contributed by atoms with E-state index in [1.54, 1.807) is 0 Å². The molecule has 0 amide bonds. The number of hydrogen-bond donors (Lipinski definition) is 0. The van der Waals surface area contributed by atoms with Crippen LogP contribution < -0.4 is 0 Å². The van der Waals surface area contributed by atoms with Gasteiger partial charge in [0.25, 0.3) is 0 Å². The molecule has 3 fully saturated rings. The van der Waals surface area contributed by atoms with Gasteiger partial charge in [-0.1, -0.05) is 0 Å². The van der Waals surface area contributed by atoms with Crippen LogP contribution in [-0.2, 0) is 0 Å². The van der Waals surface area contributed by atoms with Crippen LogP contribution in [0.2, 0.25) is 0 Å². The summed E-state index contributed by atoms with van der Waals surface area (Å²) in [5.41, 5.74) is 0. The predicted octanol–water partition coefficient (Wildman–Crippen LogP) is 4.15. The average molecular weight is 371 g/mol. The highest BCUT2D eigenvalue weighted by Gasteiger charge is 2.25. The van der Waals surface area contributed by atoms with Crippen molar-refractivity contribution in [1.29, 1.82) is 0 Å². The SMILES string of the molecule is C(SCC1CS1)C(CSCC1CS1)CSCC1CS1. The second-order valence-corrected chi connectivity index (χ2v) is 12.6. The molecule has 6 heteroatoms. The van der Waals surface area contributed by atoms with E-state index in [-0.39, 0.29) is 0 Å². The maximum absolute atomic E-state index is 2.22. The molecule has 3 atom stereocenters. The molecule has 3 saturated heterocycles. The summed E-state index contributed by atoms with van der Waals surface area (Å²) in [6, 6.07) is 0. The zero-order chi connectivity index (χ0) is 12.9. The summed E-state index contributed by atoms with van der Waals surface area (Å²) in [7, 11) is 0. The van der Waals surface area contributed by atoms with Gasteiger partial charge >= 0.3 is 0 Å². The Labute approximate surface area is 143 Å².